The Bertz CT molecular complexity index is 1360. The van der Waals surface area contributed by atoms with Crippen LogP contribution >= 0.6 is 0 Å². The molecule has 6 fully saturated rings. The molecule has 0 aromatic rings. The van der Waals surface area contributed by atoms with Crippen LogP contribution in [-0.4, -0.2) is 138 Å². The van der Waals surface area contributed by atoms with Gasteiger partial charge >= 0.3 is 0 Å². The first-order valence-electron chi connectivity index (χ1n) is 21.0. The molecule has 4 saturated carbocycles. The SMILES string of the molecule is CC/C(C)=C/CC[C@@](C)(O)[C@H]1CC[C@@]2(C)[C@@H]1[C@@H](O)C[C@@H]1[C@@H]2C[C@@H](O[C@H]2O[C@@H](CO)[C@H](O)[C@@H](O)[C@@H]2O[C@@H]2O[C@H](C)[C@H](O)[C@H](O)[C@@H]2O)[C@@H]2C(C)(C)[C@H](O)CC[C@@]12C. The molecule has 0 spiro atoms. The lowest BCUT2D eigenvalue weighted by Gasteiger charge is -2.68. The van der Waals surface area contributed by atoms with Crippen LogP contribution in [-0.2, 0) is 18.9 Å². The molecule has 0 radical (unpaired) electrons. The van der Waals surface area contributed by atoms with E-state index in [1.165, 1.54) is 12.5 Å². The summed E-state index contributed by atoms with van der Waals surface area (Å²) in [6.45, 7) is 15.7. The van der Waals surface area contributed by atoms with Gasteiger partial charge in [0.05, 0.1) is 36.6 Å². The molecule has 6 aliphatic rings. The van der Waals surface area contributed by atoms with Crippen molar-refractivity contribution in [1.82, 2.24) is 0 Å². The molecule has 9 N–H and O–H groups in total. The highest BCUT2D eigenvalue weighted by Crippen LogP contribution is 2.71. The number of aliphatic hydroxyl groups excluding tert-OH is 8. The summed E-state index contributed by atoms with van der Waals surface area (Å²) in [6, 6.07) is 0. The summed E-state index contributed by atoms with van der Waals surface area (Å²) in [5.41, 5.74) is -1.07. The Morgan fingerprint density at radius 1 is 0.818 bits per heavy atom. The Morgan fingerprint density at radius 3 is 2.13 bits per heavy atom. The Hall–Kier alpha value is -0.780. The van der Waals surface area contributed by atoms with E-state index >= 15 is 0 Å². The maximum atomic E-state index is 12.2. The van der Waals surface area contributed by atoms with Gasteiger partial charge < -0.3 is 64.9 Å². The average Bonchev–Trinajstić information content (AvgIpc) is 3.51. The fourth-order valence-electron chi connectivity index (χ4n) is 12.9. The van der Waals surface area contributed by atoms with E-state index in [1.807, 2.05) is 20.8 Å². The van der Waals surface area contributed by atoms with E-state index in [2.05, 4.69) is 33.8 Å². The van der Waals surface area contributed by atoms with Gasteiger partial charge in [0.15, 0.2) is 12.6 Å². The predicted octanol–water partition coefficient (Wildman–Crippen LogP) is 2.15. The first-order valence-corrected chi connectivity index (χ1v) is 21.0. The summed E-state index contributed by atoms with van der Waals surface area (Å²) >= 11 is 0. The Kier molecular flexibility index (Phi) is 12.7. The topological polar surface area (TPSA) is 219 Å². The first kappa shape index (κ1) is 43.8. The first-order chi connectivity index (χ1) is 25.6. The van der Waals surface area contributed by atoms with E-state index in [4.69, 9.17) is 18.9 Å². The number of hydrogen-bond acceptors (Lipinski definition) is 13. The van der Waals surface area contributed by atoms with Crippen LogP contribution < -0.4 is 0 Å². The summed E-state index contributed by atoms with van der Waals surface area (Å²) in [7, 11) is 0. The minimum absolute atomic E-state index is 0.0642. The van der Waals surface area contributed by atoms with Crippen molar-refractivity contribution < 1.29 is 64.9 Å². The van der Waals surface area contributed by atoms with Crippen LogP contribution in [0.1, 0.15) is 113 Å². The Balaban J connectivity index is 1.34. The van der Waals surface area contributed by atoms with Crippen molar-refractivity contribution >= 4 is 0 Å². The third kappa shape index (κ3) is 7.52. The van der Waals surface area contributed by atoms with Crippen LogP contribution in [0.5, 0.6) is 0 Å². The lowest BCUT2D eigenvalue weighted by atomic mass is 9.39. The largest absolute Gasteiger partial charge is 0.394 e. The highest BCUT2D eigenvalue weighted by Gasteiger charge is 2.69. The molecule has 13 heteroatoms. The highest BCUT2D eigenvalue weighted by atomic mass is 16.8. The lowest BCUT2D eigenvalue weighted by Crippen LogP contribution is -2.68. The number of ether oxygens (including phenoxy) is 4. The third-order valence-electron chi connectivity index (χ3n) is 16.2. The highest BCUT2D eigenvalue weighted by molar-refractivity contribution is 5.18. The molecular weight excluding hydrogens is 712 g/mol. The average molecular weight is 785 g/mol. The van der Waals surface area contributed by atoms with Gasteiger partial charge in [-0.15, -0.1) is 0 Å². The molecule has 2 aliphatic heterocycles. The maximum absolute atomic E-state index is 12.2. The van der Waals surface area contributed by atoms with Gasteiger partial charge in [0.2, 0.25) is 0 Å². The number of aliphatic hydroxyl groups is 9. The Labute approximate surface area is 327 Å². The zero-order chi connectivity index (χ0) is 40.6. The van der Waals surface area contributed by atoms with Crippen molar-refractivity contribution in [3.63, 3.8) is 0 Å². The zero-order valence-electron chi connectivity index (χ0n) is 34.2. The van der Waals surface area contributed by atoms with Crippen LogP contribution in [0.3, 0.4) is 0 Å². The van der Waals surface area contributed by atoms with Gasteiger partial charge in [-0.25, -0.2) is 0 Å². The molecule has 21 atom stereocenters. The summed E-state index contributed by atoms with van der Waals surface area (Å²) in [4.78, 5) is 0. The van der Waals surface area contributed by atoms with Gasteiger partial charge in [0.25, 0.3) is 0 Å². The van der Waals surface area contributed by atoms with E-state index in [0.717, 1.165) is 25.7 Å². The van der Waals surface area contributed by atoms with Crippen LogP contribution in [0.15, 0.2) is 11.6 Å². The second kappa shape index (κ2) is 16.0. The van der Waals surface area contributed by atoms with Crippen molar-refractivity contribution in [2.75, 3.05) is 6.61 Å². The number of allylic oxidation sites excluding steroid dienone is 2. The van der Waals surface area contributed by atoms with Crippen LogP contribution in [0, 0.1) is 45.8 Å². The maximum Gasteiger partial charge on any atom is 0.187 e. The second-order valence-corrected chi connectivity index (χ2v) is 19.8. The molecule has 0 aromatic heterocycles. The van der Waals surface area contributed by atoms with E-state index in [-0.39, 0.29) is 35.0 Å². The smallest absolute Gasteiger partial charge is 0.187 e. The van der Waals surface area contributed by atoms with Crippen LogP contribution in [0.4, 0.5) is 0 Å². The monoisotopic (exact) mass is 784 g/mol. The van der Waals surface area contributed by atoms with Gasteiger partial charge in [-0.2, -0.15) is 0 Å². The van der Waals surface area contributed by atoms with Crippen molar-refractivity contribution in [2.24, 2.45) is 45.8 Å². The molecule has 0 amide bonds. The standard InChI is InChI=1S/C42H72O13/c1-9-20(2)11-10-14-42(8,51)22-12-15-40(6)24-18-26(36-39(4,5)28(45)13-16-41(36,7)23(24)17-25(44)29(22)40)53-38-35(33(49)31(47)27(19-43)54-38)55-37-34(50)32(48)30(46)21(3)52-37/h11,21-38,43-51H,9-10,12-19H2,1-8H3/b20-11+/t21-,22+,23-,24+,25+,26-,27+,28-,29+,30+,31+,32+,33-,34+,35+,36-,37+,38+,40-,41+,42-/m1/s1. The molecule has 13 nitrogen and oxygen atoms in total. The zero-order valence-corrected chi connectivity index (χ0v) is 34.2. The summed E-state index contributed by atoms with van der Waals surface area (Å²) < 4.78 is 25.0. The normalized spacial score (nSPS) is 52.5. The molecule has 2 saturated heterocycles. The van der Waals surface area contributed by atoms with E-state index in [0.29, 0.717) is 32.1 Å². The predicted molar refractivity (Wildman–Crippen MR) is 201 cm³/mol. The minimum Gasteiger partial charge on any atom is -0.394 e. The van der Waals surface area contributed by atoms with Gasteiger partial charge in [0.1, 0.15) is 42.7 Å². The summed E-state index contributed by atoms with van der Waals surface area (Å²) in [5, 5.41) is 100. The molecule has 2 heterocycles. The molecular formula is C42H72O13. The molecule has 0 aromatic carbocycles. The van der Waals surface area contributed by atoms with Crippen LogP contribution in [0.25, 0.3) is 0 Å². The molecule has 0 bridgehead atoms. The minimum atomic E-state index is -1.69. The van der Waals surface area contributed by atoms with Crippen molar-refractivity contribution in [3.8, 4) is 0 Å². The fraction of sp³-hybridized carbons (Fsp3) is 0.952. The molecule has 318 valence electrons. The van der Waals surface area contributed by atoms with Crippen molar-refractivity contribution in [1.29, 1.82) is 0 Å². The number of hydrogen-bond donors (Lipinski definition) is 9. The van der Waals surface area contributed by atoms with Gasteiger partial charge in [0, 0.05) is 0 Å². The van der Waals surface area contributed by atoms with Gasteiger partial charge in [-0.1, -0.05) is 46.3 Å². The molecule has 55 heavy (non-hydrogen) atoms. The Morgan fingerprint density at radius 2 is 1.47 bits per heavy atom. The summed E-state index contributed by atoms with van der Waals surface area (Å²) in [6.07, 6.45) is -7.68. The molecule has 6 rings (SSSR count). The van der Waals surface area contributed by atoms with Gasteiger partial charge in [-0.3, -0.25) is 0 Å². The van der Waals surface area contributed by atoms with E-state index in [9.17, 15) is 46.0 Å². The van der Waals surface area contributed by atoms with Crippen LogP contribution in [0.2, 0.25) is 0 Å². The molecule has 0 unspecified atom stereocenters. The number of fused-ring (bicyclic) bond motifs is 5. The van der Waals surface area contributed by atoms with Gasteiger partial charge in [-0.05, 0) is 124 Å². The second-order valence-electron chi connectivity index (χ2n) is 19.8. The van der Waals surface area contributed by atoms with E-state index < -0.39 is 103 Å². The van der Waals surface area contributed by atoms with Crippen molar-refractivity contribution in [2.45, 2.75) is 199 Å². The lowest BCUT2D eigenvalue weighted by molar-refractivity contribution is -0.379. The third-order valence-corrected chi connectivity index (χ3v) is 16.2. The quantitative estimate of drug-likeness (QED) is 0.115. The fourth-order valence-corrected chi connectivity index (χ4v) is 12.9. The number of rotatable bonds is 10. The summed E-state index contributed by atoms with van der Waals surface area (Å²) in [5.74, 6) is -0.335. The van der Waals surface area contributed by atoms with E-state index in [1.54, 1.807) is 0 Å². The van der Waals surface area contributed by atoms with Crippen molar-refractivity contribution in [3.05, 3.63) is 11.6 Å². The molecule has 4 aliphatic carbocycles.